The van der Waals surface area contributed by atoms with Crippen molar-refractivity contribution in [3.63, 3.8) is 0 Å². The molecule has 0 aliphatic heterocycles. The fraction of sp³-hybridized carbons (Fsp3) is 0.389. The molecule has 23 heavy (non-hydrogen) atoms. The van der Waals surface area contributed by atoms with E-state index in [1.165, 1.54) is 16.0 Å². The highest BCUT2D eigenvalue weighted by Crippen LogP contribution is 2.22. The number of hydrogen-bond donors (Lipinski definition) is 1. The topological polar surface area (TPSA) is 32.3 Å². The van der Waals surface area contributed by atoms with Crippen molar-refractivity contribution in [3.05, 3.63) is 57.8 Å². The maximum Gasteiger partial charge on any atom is 0.230 e. The predicted octanol–water partition coefficient (Wildman–Crippen LogP) is 3.71. The molecule has 1 heterocycles. The van der Waals surface area contributed by atoms with Crippen molar-refractivity contribution < 1.29 is 4.79 Å². The highest BCUT2D eigenvalue weighted by molar-refractivity contribution is 7.99. The van der Waals surface area contributed by atoms with Gasteiger partial charge in [-0.15, -0.1) is 23.1 Å². The Balaban J connectivity index is 1.74. The molecule has 1 N–H and O–H groups in total. The molecular formula is C18H24N2OS2. The van der Waals surface area contributed by atoms with Crippen LogP contribution in [0.1, 0.15) is 22.0 Å². The van der Waals surface area contributed by atoms with Crippen LogP contribution in [0.2, 0.25) is 0 Å². The molecule has 0 spiro atoms. The van der Waals surface area contributed by atoms with E-state index < -0.39 is 0 Å². The second-order valence-electron chi connectivity index (χ2n) is 5.78. The molecule has 0 saturated heterocycles. The third kappa shape index (κ3) is 6.01. The third-order valence-electron chi connectivity index (χ3n) is 3.57. The smallest absolute Gasteiger partial charge is 0.230 e. The summed E-state index contributed by atoms with van der Waals surface area (Å²) in [4.78, 5) is 15.5. The molecule has 0 aliphatic carbocycles. The van der Waals surface area contributed by atoms with Crippen LogP contribution in [0.4, 0.5) is 0 Å². The zero-order valence-electron chi connectivity index (χ0n) is 13.9. The highest BCUT2D eigenvalue weighted by atomic mass is 32.2. The Morgan fingerprint density at radius 3 is 2.78 bits per heavy atom. The van der Waals surface area contributed by atoms with Gasteiger partial charge < -0.3 is 10.2 Å². The predicted molar refractivity (Wildman–Crippen MR) is 101 cm³/mol. The number of amides is 1. The van der Waals surface area contributed by atoms with Crippen LogP contribution in [0.3, 0.4) is 0 Å². The molecule has 1 amide bonds. The first-order valence-electron chi connectivity index (χ1n) is 7.66. The summed E-state index contributed by atoms with van der Waals surface area (Å²) in [6.07, 6.45) is 0. The van der Waals surface area contributed by atoms with Crippen molar-refractivity contribution in [1.29, 1.82) is 0 Å². The molecule has 5 heteroatoms. The van der Waals surface area contributed by atoms with E-state index >= 15 is 0 Å². The number of carbonyl (C=O) groups is 1. The van der Waals surface area contributed by atoms with Crippen molar-refractivity contribution in [3.8, 4) is 0 Å². The van der Waals surface area contributed by atoms with Crippen LogP contribution in [0, 0.1) is 6.92 Å². The lowest BCUT2D eigenvalue weighted by atomic mass is 10.2. The summed E-state index contributed by atoms with van der Waals surface area (Å²) in [5, 5.41) is 5.13. The second-order valence-corrected chi connectivity index (χ2v) is 7.75. The Morgan fingerprint density at radius 2 is 2.13 bits per heavy atom. The van der Waals surface area contributed by atoms with Crippen LogP contribution < -0.4 is 5.32 Å². The number of hydrogen-bond acceptors (Lipinski definition) is 4. The number of carbonyl (C=O) groups excluding carboxylic acids is 1. The van der Waals surface area contributed by atoms with Gasteiger partial charge in [-0.3, -0.25) is 4.79 Å². The fourth-order valence-corrected chi connectivity index (χ4v) is 4.07. The molecule has 0 fully saturated rings. The lowest BCUT2D eigenvalue weighted by Crippen LogP contribution is -2.35. The van der Waals surface area contributed by atoms with E-state index in [1.54, 1.807) is 23.1 Å². The van der Waals surface area contributed by atoms with Gasteiger partial charge >= 0.3 is 0 Å². The summed E-state index contributed by atoms with van der Waals surface area (Å²) in [5.74, 6) is 1.47. The minimum Gasteiger partial charge on any atom is -0.353 e. The van der Waals surface area contributed by atoms with Crippen molar-refractivity contribution in [2.24, 2.45) is 0 Å². The van der Waals surface area contributed by atoms with Gasteiger partial charge in [-0.25, -0.2) is 0 Å². The van der Waals surface area contributed by atoms with Gasteiger partial charge in [0.05, 0.1) is 11.8 Å². The zero-order valence-corrected chi connectivity index (χ0v) is 15.5. The summed E-state index contributed by atoms with van der Waals surface area (Å²) in [5.41, 5.74) is 2.53. The Hall–Kier alpha value is -1.30. The quantitative estimate of drug-likeness (QED) is 0.789. The van der Waals surface area contributed by atoms with E-state index in [4.69, 9.17) is 0 Å². The monoisotopic (exact) mass is 348 g/mol. The van der Waals surface area contributed by atoms with Crippen LogP contribution in [-0.2, 0) is 10.5 Å². The first kappa shape index (κ1) is 18.0. The molecule has 1 aromatic carbocycles. The van der Waals surface area contributed by atoms with Crippen molar-refractivity contribution in [2.45, 2.75) is 18.7 Å². The van der Waals surface area contributed by atoms with E-state index in [2.05, 4.69) is 58.9 Å². The number of nitrogens with one attached hydrogen (secondary N) is 1. The number of rotatable bonds is 8. The number of nitrogens with zero attached hydrogens (tertiary/aromatic N) is 1. The minimum absolute atomic E-state index is 0.103. The van der Waals surface area contributed by atoms with Gasteiger partial charge in [-0.2, -0.15) is 0 Å². The molecule has 2 rings (SSSR count). The molecule has 1 aromatic heterocycles. The van der Waals surface area contributed by atoms with Crippen LogP contribution in [-0.4, -0.2) is 37.2 Å². The molecule has 1 atom stereocenters. The van der Waals surface area contributed by atoms with Gasteiger partial charge in [-0.05, 0) is 38.0 Å². The third-order valence-corrected chi connectivity index (χ3v) is 5.55. The van der Waals surface area contributed by atoms with Gasteiger partial charge in [0, 0.05) is 17.2 Å². The summed E-state index contributed by atoms with van der Waals surface area (Å²) in [7, 11) is 4.09. The highest BCUT2D eigenvalue weighted by Gasteiger charge is 2.16. The molecule has 124 valence electrons. The zero-order chi connectivity index (χ0) is 16.7. The van der Waals surface area contributed by atoms with E-state index in [0.29, 0.717) is 12.3 Å². The number of likely N-dealkylation sites (N-methyl/N-ethyl adjacent to an activating group) is 1. The van der Waals surface area contributed by atoms with Crippen LogP contribution >= 0.6 is 23.1 Å². The van der Waals surface area contributed by atoms with Crippen LogP contribution in [0.5, 0.6) is 0 Å². The van der Waals surface area contributed by atoms with Gasteiger partial charge in [0.1, 0.15) is 0 Å². The Morgan fingerprint density at radius 1 is 1.30 bits per heavy atom. The first-order chi connectivity index (χ1) is 11.1. The molecule has 0 saturated carbocycles. The summed E-state index contributed by atoms with van der Waals surface area (Å²) in [6.45, 7) is 2.74. The normalized spacial score (nSPS) is 12.3. The average molecular weight is 349 g/mol. The minimum atomic E-state index is 0.103. The lowest BCUT2D eigenvalue weighted by Gasteiger charge is -2.23. The molecule has 0 aliphatic rings. The van der Waals surface area contributed by atoms with Crippen molar-refractivity contribution in [1.82, 2.24) is 10.2 Å². The molecule has 0 bridgehead atoms. The maximum absolute atomic E-state index is 12.0. The maximum atomic E-state index is 12.0. The van der Waals surface area contributed by atoms with E-state index in [9.17, 15) is 4.79 Å². The fourth-order valence-electron chi connectivity index (χ4n) is 2.34. The largest absolute Gasteiger partial charge is 0.353 e. The van der Waals surface area contributed by atoms with Gasteiger partial charge in [0.25, 0.3) is 0 Å². The molecule has 2 aromatic rings. The summed E-state index contributed by atoms with van der Waals surface area (Å²) in [6, 6.07) is 12.8. The Labute approximate surface area is 147 Å². The van der Waals surface area contributed by atoms with E-state index in [0.717, 1.165) is 5.75 Å². The van der Waals surface area contributed by atoms with Gasteiger partial charge in [0.2, 0.25) is 5.91 Å². The summed E-state index contributed by atoms with van der Waals surface area (Å²) < 4.78 is 0. The standard InChI is InChI=1S/C18H24N2OS2/c1-14-6-4-7-15(10-14)12-22-13-18(21)19-11-16(20(2)3)17-8-5-9-23-17/h4-10,16H,11-13H2,1-3H3,(H,19,21). The Kier molecular flexibility index (Phi) is 7.15. The molecule has 1 unspecified atom stereocenters. The van der Waals surface area contributed by atoms with Crippen molar-refractivity contribution in [2.75, 3.05) is 26.4 Å². The number of aryl methyl sites for hydroxylation is 1. The van der Waals surface area contributed by atoms with E-state index in [1.807, 2.05) is 14.1 Å². The van der Waals surface area contributed by atoms with Gasteiger partial charge in [0.15, 0.2) is 0 Å². The first-order valence-corrected chi connectivity index (χ1v) is 9.69. The molecule has 3 nitrogen and oxygen atoms in total. The van der Waals surface area contributed by atoms with Crippen molar-refractivity contribution >= 4 is 29.0 Å². The van der Waals surface area contributed by atoms with Crippen LogP contribution in [0.25, 0.3) is 0 Å². The lowest BCUT2D eigenvalue weighted by molar-refractivity contribution is -0.118. The van der Waals surface area contributed by atoms with Crippen LogP contribution in [0.15, 0.2) is 41.8 Å². The van der Waals surface area contributed by atoms with E-state index in [-0.39, 0.29) is 11.9 Å². The SMILES string of the molecule is Cc1cccc(CSCC(=O)NCC(c2cccs2)N(C)C)c1. The molecular weight excluding hydrogens is 324 g/mol. The number of thiophene rings is 1. The van der Waals surface area contributed by atoms with Gasteiger partial charge in [-0.1, -0.05) is 35.9 Å². The number of thioether (sulfide) groups is 1. The molecule has 0 radical (unpaired) electrons. The Bertz CT molecular complexity index is 611. The summed E-state index contributed by atoms with van der Waals surface area (Å²) >= 11 is 3.39. The average Bonchev–Trinajstić information content (AvgIpc) is 3.01. The second kappa shape index (κ2) is 9.11. The number of benzene rings is 1.